The van der Waals surface area contributed by atoms with E-state index in [9.17, 15) is 9.59 Å². The third-order valence-electron chi connectivity index (χ3n) is 4.08. The maximum absolute atomic E-state index is 12.7. The van der Waals surface area contributed by atoms with Crippen LogP contribution in [0.1, 0.15) is 51.2 Å². The van der Waals surface area contributed by atoms with Crippen LogP contribution in [0.15, 0.2) is 22.8 Å². The molecule has 0 aliphatic heterocycles. The number of amides is 1. The molecular weight excluding hydrogens is 282 g/mol. The number of ether oxygens (including phenoxy) is 1. The second kappa shape index (κ2) is 8.61. The number of nitrogens with zero attached hydrogens (tertiary/aromatic N) is 1. The maximum Gasteiger partial charge on any atom is 0.307 e. The molecular formula is C17H25NO4. The topological polar surface area (TPSA) is 59.8 Å². The summed E-state index contributed by atoms with van der Waals surface area (Å²) in [4.78, 5) is 26.0. The Bertz CT molecular complexity index is 463. The van der Waals surface area contributed by atoms with E-state index in [0.29, 0.717) is 19.7 Å². The summed E-state index contributed by atoms with van der Waals surface area (Å²) in [5.74, 6) is 0.711. The Kier molecular flexibility index (Phi) is 6.49. The van der Waals surface area contributed by atoms with Crippen molar-refractivity contribution in [1.82, 2.24) is 4.90 Å². The zero-order valence-electron chi connectivity index (χ0n) is 13.3. The van der Waals surface area contributed by atoms with Crippen molar-refractivity contribution in [2.24, 2.45) is 5.92 Å². The van der Waals surface area contributed by atoms with Crippen molar-refractivity contribution >= 4 is 11.9 Å². The van der Waals surface area contributed by atoms with E-state index >= 15 is 0 Å². The lowest BCUT2D eigenvalue weighted by atomic mass is 9.88. The van der Waals surface area contributed by atoms with Gasteiger partial charge in [0.2, 0.25) is 5.91 Å². The Morgan fingerprint density at radius 2 is 2.09 bits per heavy atom. The fourth-order valence-electron chi connectivity index (χ4n) is 2.92. The van der Waals surface area contributed by atoms with E-state index in [1.807, 2.05) is 12.1 Å². The average molecular weight is 307 g/mol. The van der Waals surface area contributed by atoms with Crippen LogP contribution in [0.3, 0.4) is 0 Å². The first kappa shape index (κ1) is 16.6. The summed E-state index contributed by atoms with van der Waals surface area (Å²) in [5.41, 5.74) is 0. The number of carbonyl (C=O) groups is 2. The Labute approximate surface area is 131 Å². The normalized spacial score (nSPS) is 15.5. The number of carbonyl (C=O) groups excluding carboxylic acids is 2. The molecule has 5 heteroatoms. The molecule has 0 N–H and O–H groups in total. The first-order chi connectivity index (χ1) is 10.7. The van der Waals surface area contributed by atoms with Gasteiger partial charge in [-0.3, -0.25) is 9.59 Å². The van der Waals surface area contributed by atoms with E-state index in [-0.39, 0.29) is 24.2 Å². The highest BCUT2D eigenvalue weighted by molar-refractivity contribution is 5.79. The molecule has 0 unspecified atom stereocenters. The average Bonchev–Trinajstić information content (AvgIpc) is 3.05. The number of hydrogen-bond acceptors (Lipinski definition) is 4. The molecule has 1 amide bonds. The summed E-state index contributed by atoms with van der Waals surface area (Å²) in [5, 5.41) is 0. The van der Waals surface area contributed by atoms with Gasteiger partial charge in [0.1, 0.15) is 5.76 Å². The Morgan fingerprint density at radius 1 is 1.32 bits per heavy atom. The molecule has 0 aromatic carbocycles. The van der Waals surface area contributed by atoms with Gasteiger partial charge in [-0.2, -0.15) is 0 Å². The molecule has 0 atom stereocenters. The zero-order valence-corrected chi connectivity index (χ0v) is 13.3. The Balaban J connectivity index is 1.96. The summed E-state index contributed by atoms with van der Waals surface area (Å²) in [6.07, 6.45) is 7.17. The number of hydrogen-bond donors (Lipinski definition) is 0. The largest absolute Gasteiger partial charge is 0.467 e. The van der Waals surface area contributed by atoms with Crippen molar-refractivity contribution in [1.29, 1.82) is 0 Å². The second-order valence-electron chi connectivity index (χ2n) is 5.73. The highest BCUT2D eigenvalue weighted by Gasteiger charge is 2.26. The molecule has 2 rings (SSSR count). The van der Waals surface area contributed by atoms with Gasteiger partial charge in [0.15, 0.2) is 0 Å². The predicted molar refractivity (Wildman–Crippen MR) is 82.0 cm³/mol. The lowest BCUT2D eigenvalue weighted by Crippen LogP contribution is -2.38. The molecule has 1 aromatic heterocycles. The fourth-order valence-corrected chi connectivity index (χ4v) is 2.92. The van der Waals surface area contributed by atoms with Gasteiger partial charge in [0.05, 0.1) is 25.8 Å². The van der Waals surface area contributed by atoms with Gasteiger partial charge >= 0.3 is 5.97 Å². The highest BCUT2D eigenvalue weighted by Crippen LogP contribution is 2.26. The van der Waals surface area contributed by atoms with Crippen molar-refractivity contribution in [3.63, 3.8) is 0 Å². The standard InChI is InChI=1S/C17H25NO4/c1-2-21-16(19)10-11-18(13-15-9-6-12-22-15)17(20)14-7-4-3-5-8-14/h6,9,12,14H,2-5,7-8,10-11,13H2,1H3. The summed E-state index contributed by atoms with van der Waals surface area (Å²) < 4.78 is 10.3. The quantitative estimate of drug-likeness (QED) is 0.726. The van der Waals surface area contributed by atoms with Crippen LogP contribution in [0, 0.1) is 5.92 Å². The van der Waals surface area contributed by atoms with E-state index in [0.717, 1.165) is 31.4 Å². The molecule has 1 heterocycles. The van der Waals surface area contributed by atoms with Crippen LogP contribution in [0.5, 0.6) is 0 Å². The van der Waals surface area contributed by atoms with E-state index in [1.54, 1.807) is 18.1 Å². The Morgan fingerprint density at radius 3 is 2.73 bits per heavy atom. The summed E-state index contributed by atoms with van der Waals surface area (Å²) in [6, 6.07) is 3.66. The van der Waals surface area contributed by atoms with Gasteiger partial charge in [0, 0.05) is 12.5 Å². The minimum absolute atomic E-state index is 0.0888. The van der Waals surface area contributed by atoms with Gasteiger partial charge in [-0.1, -0.05) is 19.3 Å². The number of furan rings is 1. The van der Waals surface area contributed by atoms with Crippen molar-refractivity contribution < 1.29 is 18.7 Å². The van der Waals surface area contributed by atoms with Gasteiger partial charge in [-0.15, -0.1) is 0 Å². The third kappa shape index (κ3) is 4.90. The van der Waals surface area contributed by atoms with Crippen LogP contribution in [-0.4, -0.2) is 29.9 Å². The lowest BCUT2D eigenvalue weighted by molar-refractivity contribution is -0.145. The van der Waals surface area contributed by atoms with E-state index in [1.165, 1.54) is 6.42 Å². The zero-order chi connectivity index (χ0) is 15.8. The number of rotatable bonds is 7. The van der Waals surface area contributed by atoms with Crippen LogP contribution in [-0.2, 0) is 20.9 Å². The summed E-state index contributed by atoms with van der Waals surface area (Å²) in [7, 11) is 0. The second-order valence-corrected chi connectivity index (χ2v) is 5.73. The minimum atomic E-state index is -0.261. The molecule has 1 saturated carbocycles. The van der Waals surface area contributed by atoms with Crippen LogP contribution < -0.4 is 0 Å². The van der Waals surface area contributed by atoms with Crippen molar-refractivity contribution in [3.05, 3.63) is 24.2 Å². The lowest BCUT2D eigenvalue weighted by Gasteiger charge is -2.28. The summed E-state index contributed by atoms with van der Waals surface area (Å²) in [6.45, 7) is 2.95. The summed E-state index contributed by atoms with van der Waals surface area (Å²) >= 11 is 0. The molecule has 1 aromatic rings. The molecule has 0 spiro atoms. The first-order valence-electron chi connectivity index (χ1n) is 8.17. The Hall–Kier alpha value is -1.78. The molecule has 5 nitrogen and oxygen atoms in total. The monoisotopic (exact) mass is 307 g/mol. The fraction of sp³-hybridized carbons (Fsp3) is 0.647. The third-order valence-corrected chi connectivity index (χ3v) is 4.08. The van der Waals surface area contributed by atoms with Crippen molar-refractivity contribution in [2.75, 3.05) is 13.2 Å². The van der Waals surface area contributed by atoms with Crippen LogP contribution >= 0.6 is 0 Å². The van der Waals surface area contributed by atoms with Crippen molar-refractivity contribution in [3.8, 4) is 0 Å². The van der Waals surface area contributed by atoms with E-state index < -0.39 is 0 Å². The van der Waals surface area contributed by atoms with Crippen LogP contribution in [0.2, 0.25) is 0 Å². The molecule has 1 aliphatic carbocycles. The molecule has 1 aliphatic rings. The maximum atomic E-state index is 12.7. The van der Waals surface area contributed by atoms with Crippen molar-refractivity contribution in [2.45, 2.75) is 52.0 Å². The van der Waals surface area contributed by atoms with Crippen LogP contribution in [0.4, 0.5) is 0 Å². The molecule has 22 heavy (non-hydrogen) atoms. The van der Waals surface area contributed by atoms with Gasteiger partial charge in [0.25, 0.3) is 0 Å². The smallest absolute Gasteiger partial charge is 0.307 e. The van der Waals surface area contributed by atoms with Gasteiger partial charge < -0.3 is 14.1 Å². The highest BCUT2D eigenvalue weighted by atomic mass is 16.5. The van der Waals surface area contributed by atoms with E-state index in [4.69, 9.17) is 9.15 Å². The van der Waals surface area contributed by atoms with Gasteiger partial charge in [-0.05, 0) is 31.9 Å². The predicted octanol–water partition coefficient (Wildman–Crippen LogP) is 3.14. The van der Waals surface area contributed by atoms with Gasteiger partial charge in [-0.25, -0.2) is 0 Å². The molecule has 0 bridgehead atoms. The minimum Gasteiger partial charge on any atom is -0.467 e. The SMILES string of the molecule is CCOC(=O)CCN(Cc1ccco1)C(=O)C1CCCCC1. The first-order valence-corrected chi connectivity index (χ1v) is 8.17. The van der Waals surface area contributed by atoms with Crippen LogP contribution in [0.25, 0.3) is 0 Å². The van der Waals surface area contributed by atoms with E-state index in [2.05, 4.69) is 0 Å². The molecule has 122 valence electrons. The number of esters is 1. The molecule has 0 saturated heterocycles. The molecule has 1 fully saturated rings. The molecule has 0 radical (unpaired) electrons.